The quantitative estimate of drug-likeness (QED) is 0.855. The highest BCUT2D eigenvalue weighted by Gasteiger charge is 2.11. The van der Waals surface area contributed by atoms with Gasteiger partial charge in [0.1, 0.15) is 0 Å². The summed E-state index contributed by atoms with van der Waals surface area (Å²) in [5.41, 5.74) is 0.827. The molecular weight excluding hydrogens is 254 g/mol. The van der Waals surface area contributed by atoms with E-state index < -0.39 is 5.97 Å². The van der Waals surface area contributed by atoms with Gasteiger partial charge in [-0.05, 0) is 22.0 Å². The molecule has 13 heavy (non-hydrogen) atoms. The number of carboxylic acids is 1. The minimum Gasteiger partial charge on any atom is -0.478 e. The lowest BCUT2D eigenvalue weighted by Crippen LogP contribution is -1.94. The fourth-order valence-corrected chi connectivity index (χ4v) is 2.45. The van der Waals surface area contributed by atoms with E-state index in [0.717, 1.165) is 9.17 Å². The van der Waals surface area contributed by atoms with Crippen molar-refractivity contribution in [3.63, 3.8) is 0 Å². The second-order valence-corrected chi connectivity index (χ2v) is 4.28. The predicted octanol–water partition coefficient (Wildman–Crippen LogP) is 2.76. The number of thiophene rings is 1. The Bertz CT molecular complexity index is 480. The highest BCUT2D eigenvalue weighted by molar-refractivity contribution is 9.10. The minimum atomic E-state index is -0.930. The zero-order valence-corrected chi connectivity index (χ0v) is 8.72. The van der Waals surface area contributed by atoms with E-state index in [0.29, 0.717) is 5.52 Å². The van der Waals surface area contributed by atoms with Crippen LogP contribution in [0.2, 0.25) is 0 Å². The molecule has 0 aliphatic carbocycles. The number of aromatic nitrogens is 1. The van der Waals surface area contributed by atoms with Crippen LogP contribution < -0.4 is 0 Å². The van der Waals surface area contributed by atoms with Gasteiger partial charge in [-0.3, -0.25) is 4.98 Å². The Labute approximate surface area is 86.2 Å². The van der Waals surface area contributed by atoms with Gasteiger partial charge < -0.3 is 5.11 Å². The van der Waals surface area contributed by atoms with E-state index in [2.05, 4.69) is 20.9 Å². The maximum Gasteiger partial charge on any atom is 0.338 e. The molecule has 0 atom stereocenters. The third-order valence-electron chi connectivity index (χ3n) is 1.61. The highest BCUT2D eigenvalue weighted by Crippen LogP contribution is 2.26. The van der Waals surface area contributed by atoms with Gasteiger partial charge >= 0.3 is 5.97 Å². The third-order valence-corrected chi connectivity index (χ3v) is 2.96. The molecule has 0 unspecified atom stereocenters. The molecule has 0 saturated carbocycles. The molecule has 1 N–H and O–H groups in total. The fourth-order valence-electron chi connectivity index (χ4n) is 1.04. The van der Waals surface area contributed by atoms with Crippen LogP contribution in [0.1, 0.15) is 10.4 Å². The smallest absolute Gasteiger partial charge is 0.338 e. The number of nitrogens with zero attached hydrogens (tertiary/aromatic N) is 1. The van der Waals surface area contributed by atoms with Crippen molar-refractivity contribution in [2.45, 2.75) is 0 Å². The summed E-state index contributed by atoms with van der Waals surface area (Å²) in [5, 5.41) is 10.4. The molecule has 0 aromatic carbocycles. The van der Waals surface area contributed by atoms with E-state index >= 15 is 0 Å². The van der Waals surface area contributed by atoms with E-state index in [-0.39, 0.29) is 5.56 Å². The summed E-state index contributed by atoms with van der Waals surface area (Å²) in [6.07, 6.45) is 1.60. The zero-order chi connectivity index (χ0) is 9.42. The van der Waals surface area contributed by atoms with Crippen LogP contribution in [0.15, 0.2) is 22.1 Å². The van der Waals surface area contributed by atoms with Gasteiger partial charge in [-0.25, -0.2) is 4.79 Å². The zero-order valence-electron chi connectivity index (χ0n) is 6.32. The molecule has 0 bridgehead atoms. The predicted molar refractivity (Wildman–Crippen MR) is 54.3 cm³/mol. The van der Waals surface area contributed by atoms with Crippen molar-refractivity contribution in [1.82, 2.24) is 4.98 Å². The van der Waals surface area contributed by atoms with Crippen molar-refractivity contribution in [1.29, 1.82) is 0 Å². The van der Waals surface area contributed by atoms with Gasteiger partial charge in [-0.15, -0.1) is 11.3 Å². The topological polar surface area (TPSA) is 50.2 Å². The van der Waals surface area contributed by atoms with Gasteiger partial charge in [0.05, 0.1) is 15.8 Å². The number of hydrogen-bond acceptors (Lipinski definition) is 3. The van der Waals surface area contributed by atoms with Gasteiger partial charge in [0.25, 0.3) is 0 Å². The first-order chi connectivity index (χ1) is 6.18. The molecule has 2 heterocycles. The summed E-state index contributed by atoms with van der Waals surface area (Å²) in [6.45, 7) is 0. The van der Waals surface area contributed by atoms with Crippen molar-refractivity contribution < 1.29 is 9.90 Å². The molecule has 2 aromatic heterocycles. The van der Waals surface area contributed by atoms with Gasteiger partial charge in [0, 0.05) is 16.0 Å². The van der Waals surface area contributed by atoms with Crippen LogP contribution in [0.4, 0.5) is 0 Å². The van der Waals surface area contributed by atoms with Crippen LogP contribution in [0, 0.1) is 0 Å². The van der Waals surface area contributed by atoms with E-state index in [1.807, 2.05) is 6.07 Å². The van der Waals surface area contributed by atoms with Gasteiger partial charge in [-0.2, -0.15) is 0 Å². The van der Waals surface area contributed by atoms with E-state index in [9.17, 15) is 4.79 Å². The molecule has 66 valence electrons. The van der Waals surface area contributed by atoms with Crippen LogP contribution in [0.5, 0.6) is 0 Å². The Morgan fingerprint density at radius 3 is 3.08 bits per heavy atom. The second kappa shape index (κ2) is 3.08. The summed E-state index contributed by atoms with van der Waals surface area (Å²) in [6, 6.07) is 1.86. The lowest BCUT2D eigenvalue weighted by Gasteiger charge is -1.91. The molecule has 0 spiro atoms. The molecule has 0 fully saturated rings. The number of carbonyl (C=O) groups is 1. The molecule has 5 heteroatoms. The summed E-state index contributed by atoms with van der Waals surface area (Å²) < 4.78 is 1.74. The number of rotatable bonds is 1. The van der Waals surface area contributed by atoms with Crippen LogP contribution in [-0.2, 0) is 0 Å². The van der Waals surface area contributed by atoms with Crippen molar-refractivity contribution >= 4 is 43.5 Å². The van der Waals surface area contributed by atoms with E-state index in [1.54, 1.807) is 11.6 Å². The fraction of sp³-hybridized carbons (Fsp3) is 0. The van der Waals surface area contributed by atoms with Crippen molar-refractivity contribution in [3.05, 3.63) is 27.7 Å². The standard InChI is InChI=1S/C8H4BrNO2S/c9-4-1-6-7(10-2-4)5(3-13-6)8(11)12/h1-3H,(H,11,12). The number of pyridine rings is 1. The number of hydrogen-bond donors (Lipinski definition) is 1. The first-order valence-electron chi connectivity index (χ1n) is 3.44. The Kier molecular flexibility index (Phi) is 2.05. The van der Waals surface area contributed by atoms with Gasteiger partial charge in [-0.1, -0.05) is 0 Å². The Hall–Kier alpha value is -0.940. The Balaban J connectivity index is 2.76. The summed E-state index contributed by atoms with van der Waals surface area (Å²) in [7, 11) is 0. The average Bonchev–Trinajstić information content (AvgIpc) is 2.46. The molecular formula is C8H4BrNO2S. The second-order valence-electron chi connectivity index (χ2n) is 2.45. The SMILES string of the molecule is O=C(O)c1csc2cc(Br)cnc12. The van der Waals surface area contributed by atoms with Crippen molar-refractivity contribution in [2.75, 3.05) is 0 Å². The van der Waals surface area contributed by atoms with Crippen molar-refractivity contribution in [2.24, 2.45) is 0 Å². The lowest BCUT2D eigenvalue weighted by atomic mass is 10.3. The average molecular weight is 258 g/mol. The first kappa shape index (κ1) is 8.65. The molecule has 2 aromatic rings. The van der Waals surface area contributed by atoms with E-state index in [4.69, 9.17) is 5.11 Å². The largest absolute Gasteiger partial charge is 0.478 e. The van der Waals surface area contributed by atoms with Crippen molar-refractivity contribution in [3.8, 4) is 0 Å². The number of halogens is 1. The van der Waals surface area contributed by atoms with E-state index in [1.165, 1.54) is 11.3 Å². The summed E-state index contributed by atoms with van der Waals surface area (Å²) >= 11 is 4.66. The Morgan fingerprint density at radius 1 is 1.62 bits per heavy atom. The molecule has 0 radical (unpaired) electrons. The Morgan fingerprint density at radius 2 is 2.38 bits per heavy atom. The first-order valence-corrected chi connectivity index (χ1v) is 5.12. The van der Waals surface area contributed by atoms with Gasteiger partial charge in [0.2, 0.25) is 0 Å². The summed E-state index contributed by atoms with van der Waals surface area (Å²) in [4.78, 5) is 14.8. The van der Waals surface area contributed by atoms with Crippen LogP contribution in [0.25, 0.3) is 10.2 Å². The summed E-state index contributed by atoms with van der Waals surface area (Å²) in [5.74, 6) is -0.930. The minimum absolute atomic E-state index is 0.271. The molecule has 0 saturated heterocycles. The lowest BCUT2D eigenvalue weighted by molar-refractivity contribution is 0.0699. The highest BCUT2D eigenvalue weighted by atomic mass is 79.9. The number of fused-ring (bicyclic) bond motifs is 1. The monoisotopic (exact) mass is 257 g/mol. The van der Waals surface area contributed by atoms with Crippen LogP contribution in [-0.4, -0.2) is 16.1 Å². The van der Waals surface area contributed by atoms with Crippen LogP contribution in [0.3, 0.4) is 0 Å². The molecule has 0 amide bonds. The molecule has 0 aliphatic heterocycles. The normalized spacial score (nSPS) is 10.5. The maximum atomic E-state index is 10.7. The maximum absolute atomic E-state index is 10.7. The van der Waals surface area contributed by atoms with Crippen LogP contribution >= 0.6 is 27.3 Å². The third kappa shape index (κ3) is 1.45. The molecule has 3 nitrogen and oxygen atoms in total. The molecule has 2 rings (SSSR count). The number of carboxylic acid groups (broad SMARTS) is 1. The number of aromatic carboxylic acids is 1. The molecule has 0 aliphatic rings. The van der Waals surface area contributed by atoms with Gasteiger partial charge in [0.15, 0.2) is 0 Å².